The van der Waals surface area contributed by atoms with E-state index in [0.29, 0.717) is 53.2 Å². The fraction of sp³-hybridized carbons (Fsp3) is 0.308. The largest absolute Gasteiger partial charge is 0.495 e. The minimum Gasteiger partial charge on any atom is -0.495 e. The van der Waals surface area contributed by atoms with Crippen LogP contribution in [-0.4, -0.2) is 52.1 Å². The standard InChI is InChI=1S/C39H42N6O3/c1-25-11-13-27(14-12-25)24-48-36-22-40-39(43-38(36)31-23-45(29-15-16-29)34-10-6-5-9-30(31)34)42-33-21-32(26(2)20-35(33)47-4)41-37(46)18-17-28-8-7-19-44(28)3/h5-6,9-14,17-18,20-23,28-29H,7-8,15-16,19,24H2,1-4H3,(H,41,46)(H,40,42,43)/b18-17+. The second-order valence-corrected chi connectivity index (χ2v) is 12.9. The van der Waals surface area contributed by atoms with Crippen molar-refractivity contribution in [3.8, 4) is 22.8 Å². The van der Waals surface area contributed by atoms with Gasteiger partial charge in [0.15, 0.2) is 5.75 Å². The van der Waals surface area contributed by atoms with Gasteiger partial charge in [0.25, 0.3) is 0 Å². The van der Waals surface area contributed by atoms with Crippen molar-refractivity contribution < 1.29 is 14.3 Å². The average molecular weight is 643 g/mol. The van der Waals surface area contributed by atoms with E-state index in [2.05, 4.69) is 93.8 Å². The van der Waals surface area contributed by atoms with E-state index in [-0.39, 0.29) is 5.91 Å². The second kappa shape index (κ2) is 13.5. The molecule has 3 heterocycles. The van der Waals surface area contributed by atoms with Crippen molar-refractivity contribution in [3.63, 3.8) is 0 Å². The van der Waals surface area contributed by atoms with Crippen LogP contribution in [0.1, 0.15) is 48.4 Å². The number of carbonyl (C=O) groups is 1. The molecular weight excluding hydrogens is 600 g/mol. The van der Waals surface area contributed by atoms with Gasteiger partial charge in [0.05, 0.1) is 19.0 Å². The van der Waals surface area contributed by atoms with Crippen molar-refractivity contribution in [2.75, 3.05) is 31.3 Å². The van der Waals surface area contributed by atoms with Gasteiger partial charge in [-0.15, -0.1) is 0 Å². The molecule has 1 aliphatic heterocycles. The molecule has 3 aromatic carbocycles. The zero-order valence-corrected chi connectivity index (χ0v) is 28.0. The van der Waals surface area contributed by atoms with Gasteiger partial charge in [-0.25, -0.2) is 9.97 Å². The van der Waals surface area contributed by atoms with Crippen LogP contribution in [0.5, 0.6) is 11.5 Å². The quantitative estimate of drug-likeness (QED) is 0.141. The van der Waals surface area contributed by atoms with Crippen LogP contribution < -0.4 is 20.1 Å². The molecule has 1 unspecified atom stereocenters. The first kappa shape index (κ1) is 31.4. The number of para-hydroxylation sites is 1. The third kappa shape index (κ3) is 6.78. The summed E-state index contributed by atoms with van der Waals surface area (Å²) < 4.78 is 14.5. The highest BCUT2D eigenvalue weighted by molar-refractivity contribution is 6.00. The number of amides is 1. The van der Waals surface area contributed by atoms with Crippen molar-refractivity contribution >= 4 is 34.1 Å². The molecule has 1 saturated carbocycles. The van der Waals surface area contributed by atoms with Crippen molar-refractivity contribution in [2.45, 2.75) is 58.2 Å². The van der Waals surface area contributed by atoms with E-state index < -0.39 is 0 Å². The van der Waals surface area contributed by atoms with Crippen molar-refractivity contribution in [1.29, 1.82) is 0 Å². The Hall–Kier alpha value is -5.15. The molecule has 9 nitrogen and oxygen atoms in total. The number of nitrogens with one attached hydrogen (secondary N) is 2. The number of hydrogen-bond acceptors (Lipinski definition) is 7. The smallest absolute Gasteiger partial charge is 0.248 e. The van der Waals surface area contributed by atoms with E-state index in [1.165, 1.54) is 23.9 Å². The highest BCUT2D eigenvalue weighted by atomic mass is 16.5. The monoisotopic (exact) mass is 642 g/mol. The lowest BCUT2D eigenvalue weighted by Crippen LogP contribution is -2.23. The highest BCUT2D eigenvalue weighted by Gasteiger charge is 2.27. The molecule has 246 valence electrons. The first-order chi connectivity index (χ1) is 23.4. The van der Waals surface area contributed by atoms with Crippen LogP contribution in [0.15, 0.2) is 85.2 Å². The molecule has 48 heavy (non-hydrogen) atoms. The summed E-state index contributed by atoms with van der Waals surface area (Å²) in [5, 5.41) is 7.53. The van der Waals surface area contributed by atoms with E-state index in [1.54, 1.807) is 19.4 Å². The molecule has 1 amide bonds. The van der Waals surface area contributed by atoms with Crippen LogP contribution in [0, 0.1) is 13.8 Å². The summed E-state index contributed by atoms with van der Waals surface area (Å²) >= 11 is 0. The maximum absolute atomic E-state index is 12.9. The Kier molecular flexibility index (Phi) is 8.86. The zero-order chi connectivity index (χ0) is 33.2. The number of aromatic nitrogens is 3. The number of ether oxygens (including phenoxy) is 2. The Bertz CT molecular complexity index is 1980. The fourth-order valence-corrected chi connectivity index (χ4v) is 6.38. The van der Waals surface area contributed by atoms with Crippen molar-refractivity contribution in [2.24, 2.45) is 0 Å². The summed E-state index contributed by atoms with van der Waals surface area (Å²) in [5.74, 6) is 1.43. The molecule has 2 fully saturated rings. The third-order valence-corrected chi connectivity index (χ3v) is 9.30. The molecule has 2 aromatic heterocycles. The molecule has 0 radical (unpaired) electrons. The van der Waals surface area contributed by atoms with Gasteiger partial charge >= 0.3 is 0 Å². The number of hydrogen-bond donors (Lipinski definition) is 2. The van der Waals surface area contributed by atoms with Gasteiger partial charge in [-0.05, 0) is 82.4 Å². The fourth-order valence-electron chi connectivity index (χ4n) is 6.38. The highest BCUT2D eigenvalue weighted by Crippen LogP contribution is 2.43. The van der Waals surface area contributed by atoms with E-state index in [1.807, 2.05) is 25.1 Å². The van der Waals surface area contributed by atoms with Crippen LogP contribution in [0.2, 0.25) is 0 Å². The number of aryl methyl sites for hydroxylation is 2. The Morgan fingerprint density at radius 1 is 1.02 bits per heavy atom. The summed E-state index contributed by atoms with van der Waals surface area (Å²) in [6.07, 6.45) is 12.1. The van der Waals surface area contributed by atoms with Gasteiger partial charge in [-0.1, -0.05) is 54.1 Å². The molecule has 7 rings (SSSR count). The number of benzene rings is 3. The van der Waals surface area contributed by atoms with Crippen LogP contribution in [0.25, 0.3) is 22.2 Å². The molecule has 2 N–H and O–H groups in total. The summed E-state index contributed by atoms with van der Waals surface area (Å²) in [5.41, 5.74) is 7.35. The summed E-state index contributed by atoms with van der Waals surface area (Å²) in [6.45, 7) is 5.46. The van der Waals surface area contributed by atoms with Crippen molar-refractivity contribution in [1.82, 2.24) is 19.4 Å². The third-order valence-electron chi connectivity index (χ3n) is 9.30. The lowest BCUT2D eigenvalue weighted by atomic mass is 10.1. The first-order valence-corrected chi connectivity index (χ1v) is 16.7. The number of rotatable bonds is 11. The van der Waals surface area contributed by atoms with Gasteiger partial charge in [0, 0.05) is 46.5 Å². The average Bonchev–Trinajstić information content (AvgIpc) is 3.74. The molecule has 9 heteroatoms. The molecule has 2 aliphatic rings. The molecular formula is C39H42N6O3. The predicted octanol–water partition coefficient (Wildman–Crippen LogP) is 7.97. The van der Waals surface area contributed by atoms with E-state index >= 15 is 0 Å². The Labute approximate surface area is 281 Å². The molecule has 1 aliphatic carbocycles. The topological polar surface area (TPSA) is 93.5 Å². The molecule has 0 spiro atoms. The van der Waals surface area contributed by atoms with Crippen LogP contribution in [0.4, 0.5) is 17.3 Å². The summed E-state index contributed by atoms with van der Waals surface area (Å²) in [4.78, 5) is 24.9. The maximum atomic E-state index is 12.9. The number of methoxy groups -OCH3 is 1. The van der Waals surface area contributed by atoms with Crippen molar-refractivity contribution in [3.05, 3.63) is 102 Å². The van der Waals surface area contributed by atoms with Crippen LogP contribution >= 0.6 is 0 Å². The number of anilines is 3. The van der Waals surface area contributed by atoms with E-state index in [9.17, 15) is 4.79 Å². The Morgan fingerprint density at radius 3 is 2.58 bits per heavy atom. The molecule has 5 aromatic rings. The van der Waals surface area contributed by atoms with Crippen LogP contribution in [0.3, 0.4) is 0 Å². The minimum absolute atomic E-state index is 0.171. The Balaban J connectivity index is 1.21. The molecule has 1 saturated heterocycles. The lowest BCUT2D eigenvalue weighted by molar-refractivity contribution is -0.111. The van der Waals surface area contributed by atoms with Gasteiger partial charge in [0.2, 0.25) is 11.9 Å². The van der Waals surface area contributed by atoms with E-state index in [4.69, 9.17) is 14.5 Å². The zero-order valence-electron chi connectivity index (χ0n) is 28.0. The number of fused-ring (bicyclic) bond motifs is 1. The van der Waals surface area contributed by atoms with Gasteiger partial charge in [0.1, 0.15) is 18.1 Å². The number of carbonyl (C=O) groups excluding carboxylic acids is 1. The van der Waals surface area contributed by atoms with Crippen LogP contribution in [-0.2, 0) is 11.4 Å². The second-order valence-electron chi connectivity index (χ2n) is 12.9. The normalized spacial score (nSPS) is 16.5. The Morgan fingerprint density at radius 2 is 1.83 bits per heavy atom. The summed E-state index contributed by atoms with van der Waals surface area (Å²) in [6, 6.07) is 21.3. The van der Waals surface area contributed by atoms with E-state index in [0.717, 1.165) is 41.5 Å². The number of nitrogens with zero attached hydrogens (tertiary/aromatic N) is 4. The first-order valence-electron chi connectivity index (χ1n) is 16.7. The SMILES string of the molecule is COc1cc(C)c(NC(=O)/C=C/C2CCCN2C)cc1Nc1ncc(OCc2ccc(C)cc2)c(-c2cn(C3CC3)c3ccccc23)n1. The number of likely N-dealkylation sites (tertiary alicyclic amines) is 1. The predicted molar refractivity (Wildman–Crippen MR) is 191 cm³/mol. The number of likely N-dealkylation sites (N-methyl/N-ethyl adjacent to an activating group) is 1. The maximum Gasteiger partial charge on any atom is 0.248 e. The molecule has 1 atom stereocenters. The lowest BCUT2D eigenvalue weighted by Gasteiger charge is -2.17. The van der Waals surface area contributed by atoms with Gasteiger partial charge in [-0.2, -0.15) is 0 Å². The van der Waals surface area contributed by atoms with Gasteiger partial charge in [-0.3, -0.25) is 9.69 Å². The minimum atomic E-state index is -0.171. The summed E-state index contributed by atoms with van der Waals surface area (Å²) in [7, 11) is 3.72. The molecule has 0 bridgehead atoms. The van der Waals surface area contributed by atoms with Gasteiger partial charge < -0.3 is 24.7 Å².